The molecule has 0 aliphatic heterocycles. The number of carbonyl (C=O) groups is 1. The van der Waals surface area contributed by atoms with Gasteiger partial charge in [-0.15, -0.1) is 5.10 Å². The third kappa shape index (κ3) is 6.52. The number of ether oxygens (including phenoxy) is 1. The first-order chi connectivity index (χ1) is 18.3. The minimum atomic E-state index is -4.93. The molecule has 0 aliphatic rings. The molecule has 39 heavy (non-hydrogen) atoms. The minimum absolute atomic E-state index is 0.113. The summed E-state index contributed by atoms with van der Waals surface area (Å²) in [4.78, 5) is 29.3. The summed E-state index contributed by atoms with van der Waals surface area (Å²) >= 11 is 12.1. The summed E-state index contributed by atoms with van der Waals surface area (Å²) in [6, 6.07) is 12.8. The summed E-state index contributed by atoms with van der Waals surface area (Å²) in [5.74, 6) is -0.198. The zero-order chi connectivity index (χ0) is 28.5. The number of halogens is 5. The number of carbonyl (C=O) groups excluding carboxylic acids is 1. The van der Waals surface area contributed by atoms with Crippen molar-refractivity contribution in [2.24, 2.45) is 0 Å². The van der Waals surface area contributed by atoms with Crippen molar-refractivity contribution in [2.45, 2.75) is 45.3 Å². The molecule has 14 heteroatoms. The Morgan fingerprint density at radius 2 is 1.82 bits per heavy atom. The van der Waals surface area contributed by atoms with Crippen LogP contribution in [-0.2, 0) is 22.6 Å². The summed E-state index contributed by atoms with van der Waals surface area (Å²) in [5, 5.41) is 15.0. The molecule has 2 atom stereocenters. The van der Waals surface area contributed by atoms with Crippen LogP contribution >= 0.6 is 23.2 Å². The van der Waals surface area contributed by atoms with Gasteiger partial charge < -0.3 is 9.84 Å². The highest BCUT2D eigenvalue weighted by molar-refractivity contribution is 6.31. The summed E-state index contributed by atoms with van der Waals surface area (Å²) in [5.41, 5.74) is 0.223. The van der Waals surface area contributed by atoms with E-state index in [4.69, 9.17) is 27.9 Å². The molecule has 0 amide bonds. The quantitative estimate of drug-likeness (QED) is 0.299. The summed E-state index contributed by atoms with van der Waals surface area (Å²) in [6.45, 7) is 1.58. The van der Waals surface area contributed by atoms with E-state index in [-0.39, 0.29) is 23.9 Å². The zero-order valence-corrected chi connectivity index (χ0v) is 22.1. The predicted octanol–water partition coefficient (Wildman–Crippen LogP) is 4.80. The lowest BCUT2D eigenvalue weighted by Gasteiger charge is -2.16. The highest BCUT2D eigenvalue weighted by Crippen LogP contribution is 2.26. The number of hydrogen-bond donors (Lipinski definition) is 1. The Labute approximate surface area is 230 Å². The molecule has 4 rings (SSSR count). The van der Waals surface area contributed by atoms with E-state index in [0.29, 0.717) is 21.3 Å². The highest BCUT2D eigenvalue weighted by atomic mass is 35.5. The van der Waals surface area contributed by atoms with Gasteiger partial charge in [0.1, 0.15) is 0 Å². The van der Waals surface area contributed by atoms with Crippen molar-refractivity contribution in [1.82, 2.24) is 23.9 Å². The minimum Gasteiger partial charge on any atom is -0.455 e. The Morgan fingerprint density at radius 1 is 1.13 bits per heavy atom. The largest absolute Gasteiger partial charge is 0.455 e. The molecule has 0 aliphatic carbocycles. The molecule has 1 N–H and O–H groups in total. The van der Waals surface area contributed by atoms with E-state index in [1.54, 1.807) is 43.3 Å². The topological polar surface area (TPSA) is 104 Å². The molecular weight excluding hydrogens is 562 g/mol. The van der Waals surface area contributed by atoms with Crippen LogP contribution in [0.1, 0.15) is 31.6 Å². The first-order valence-electron chi connectivity index (χ1n) is 11.5. The highest BCUT2D eigenvalue weighted by Gasteiger charge is 2.39. The molecule has 0 saturated heterocycles. The summed E-state index contributed by atoms with van der Waals surface area (Å²) in [6.07, 6.45) is -7.18. The molecule has 0 spiro atoms. The Bertz CT molecular complexity index is 1550. The van der Waals surface area contributed by atoms with Gasteiger partial charge in [-0.25, -0.2) is 14.5 Å². The fourth-order valence-electron chi connectivity index (χ4n) is 3.90. The van der Waals surface area contributed by atoms with E-state index in [0.717, 1.165) is 9.13 Å². The number of rotatable bonds is 8. The first-order valence-corrected chi connectivity index (χ1v) is 12.3. The van der Waals surface area contributed by atoms with Gasteiger partial charge in [0, 0.05) is 23.2 Å². The number of imidazole rings is 1. The van der Waals surface area contributed by atoms with Crippen molar-refractivity contribution in [3.8, 4) is 16.9 Å². The molecule has 4 aromatic rings. The molecular formula is C25H22Cl2F3N5O4. The monoisotopic (exact) mass is 583 g/mol. The van der Waals surface area contributed by atoms with Crippen molar-refractivity contribution in [3.05, 3.63) is 86.9 Å². The smallest absolute Gasteiger partial charge is 0.416 e. The lowest BCUT2D eigenvalue weighted by Crippen LogP contribution is -2.37. The standard InChI is InChI=1S/C25H22Cl2F3N5O4/c1-14(39-15(2)36)23-31-22(32-35(23)19-5-3-4-18(27)10-19)13-33-11-20(16-6-8-17(26)9-7-16)34(24(33)38)12-21(37)25(28,29)30/h3-11,14,21,37H,12-13H2,1-2H3/t14-,21-/m0/s1. The van der Waals surface area contributed by atoms with Crippen molar-refractivity contribution < 1.29 is 27.8 Å². The number of esters is 1. The van der Waals surface area contributed by atoms with Crippen molar-refractivity contribution in [2.75, 3.05) is 0 Å². The van der Waals surface area contributed by atoms with Crippen LogP contribution in [0.5, 0.6) is 0 Å². The molecule has 206 valence electrons. The Hall–Kier alpha value is -3.61. The molecule has 0 unspecified atom stereocenters. The van der Waals surface area contributed by atoms with E-state index >= 15 is 0 Å². The van der Waals surface area contributed by atoms with Gasteiger partial charge in [-0.3, -0.25) is 13.9 Å². The average Bonchev–Trinajstić information content (AvgIpc) is 3.41. The molecule has 9 nitrogen and oxygen atoms in total. The second-order valence-corrected chi connectivity index (χ2v) is 9.50. The number of aliphatic hydroxyl groups excluding tert-OH is 1. The van der Waals surface area contributed by atoms with Gasteiger partial charge in [-0.2, -0.15) is 13.2 Å². The van der Waals surface area contributed by atoms with E-state index in [2.05, 4.69) is 10.1 Å². The van der Waals surface area contributed by atoms with Crippen LogP contribution in [-0.4, -0.2) is 47.3 Å². The molecule has 2 aromatic heterocycles. The summed E-state index contributed by atoms with van der Waals surface area (Å²) in [7, 11) is 0. The molecule has 0 bridgehead atoms. The zero-order valence-electron chi connectivity index (χ0n) is 20.6. The van der Waals surface area contributed by atoms with Gasteiger partial charge in [-0.05, 0) is 42.8 Å². The van der Waals surface area contributed by atoms with E-state index in [9.17, 15) is 27.9 Å². The Balaban J connectivity index is 1.78. The van der Waals surface area contributed by atoms with Crippen LogP contribution < -0.4 is 5.69 Å². The van der Waals surface area contributed by atoms with Gasteiger partial charge in [-0.1, -0.05) is 41.4 Å². The van der Waals surface area contributed by atoms with Crippen LogP contribution in [0.15, 0.2) is 59.5 Å². The Kier molecular flexibility index (Phi) is 8.19. The van der Waals surface area contributed by atoms with E-state index in [1.165, 1.54) is 29.9 Å². The maximum absolute atomic E-state index is 13.3. The van der Waals surface area contributed by atoms with Gasteiger partial charge in [0.05, 0.1) is 24.5 Å². The van der Waals surface area contributed by atoms with E-state index < -0.39 is 36.6 Å². The predicted molar refractivity (Wildman–Crippen MR) is 137 cm³/mol. The van der Waals surface area contributed by atoms with Crippen molar-refractivity contribution in [1.29, 1.82) is 0 Å². The molecule has 2 heterocycles. The SMILES string of the molecule is CC(=O)O[C@@H](C)c1nc(Cn2cc(-c3ccc(Cl)cc3)n(C[C@H](O)C(F)(F)F)c2=O)nn1-c1cccc(Cl)c1. The number of aliphatic hydroxyl groups is 1. The van der Waals surface area contributed by atoms with Crippen molar-refractivity contribution >= 4 is 29.2 Å². The molecule has 0 radical (unpaired) electrons. The molecule has 2 aromatic carbocycles. The second kappa shape index (κ2) is 11.2. The second-order valence-electron chi connectivity index (χ2n) is 8.63. The third-order valence-corrected chi connectivity index (χ3v) is 6.15. The number of aromatic nitrogens is 5. The first kappa shape index (κ1) is 28.4. The van der Waals surface area contributed by atoms with Crippen molar-refractivity contribution in [3.63, 3.8) is 0 Å². The third-order valence-electron chi connectivity index (χ3n) is 5.67. The number of benzene rings is 2. The van der Waals surface area contributed by atoms with E-state index in [1.807, 2.05) is 0 Å². The summed E-state index contributed by atoms with van der Waals surface area (Å²) < 4.78 is 48.1. The molecule has 0 fully saturated rings. The molecule has 0 saturated carbocycles. The van der Waals surface area contributed by atoms with Crippen LogP contribution in [0.25, 0.3) is 16.9 Å². The van der Waals surface area contributed by atoms with Crippen LogP contribution in [0, 0.1) is 0 Å². The Morgan fingerprint density at radius 3 is 2.44 bits per heavy atom. The number of alkyl halides is 3. The van der Waals surface area contributed by atoms with Gasteiger partial charge in [0.15, 0.2) is 23.9 Å². The average molecular weight is 584 g/mol. The van der Waals surface area contributed by atoms with Crippen LogP contribution in [0.3, 0.4) is 0 Å². The number of nitrogens with zero attached hydrogens (tertiary/aromatic N) is 5. The normalized spacial score (nSPS) is 13.3. The fraction of sp³-hybridized carbons (Fsp3) is 0.280. The maximum atomic E-state index is 13.3. The van der Waals surface area contributed by atoms with Gasteiger partial charge >= 0.3 is 17.8 Å². The number of hydrogen-bond acceptors (Lipinski definition) is 6. The lowest BCUT2D eigenvalue weighted by atomic mass is 10.1. The van der Waals surface area contributed by atoms with Crippen LogP contribution in [0.4, 0.5) is 13.2 Å². The van der Waals surface area contributed by atoms with Crippen LogP contribution in [0.2, 0.25) is 10.0 Å². The fourth-order valence-corrected chi connectivity index (χ4v) is 4.21. The van der Waals surface area contributed by atoms with Gasteiger partial charge in [0.25, 0.3) is 0 Å². The van der Waals surface area contributed by atoms with Gasteiger partial charge in [0.2, 0.25) is 0 Å². The lowest BCUT2D eigenvalue weighted by molar-refractivity contribution is -0.207. The maximum Gasteiger partial charge on any atom is 0.416 e.